The van der Waals surface area contributed by atoms with Crippen molar-refractivity contribution in [3.05, 3.63) is 69.2 Å². The summed E-state index contributed by atoms with van der Waals surface area (Å²) in [7, 11) is 0. The second-order valence-corrected chi connectivity index (χ2v) is 5.69. The van der Waals surface area contributed by atoms with Crippen LogP contribution < -0.4 is 0 Å². The summed E-state index contributed by atoms with van der Waals surface area (Å²) in [5.74, 6) is 0. The van der Waals surface area contributed by atoms with Crippen LogP contribution in [0.2, 0.25) is 10.0 Å². The maximum Gasteiger partial charge on any atom is 0.0640 e. The lowest BCUT2D eigenvalue weighted by molar-refractivity contribution is 0.919. The summed E-state index contributed by atoms with van der Waals surface area (Å²) >= 11 is 18.5. The molecule has 0 aliphatic heterocycles. The predicted molar refractivity (Wildman–Crippen MR) is 79.9 cm³/mol. The quantitative estimate of drug-likeness (QED) is 0.626. The third-order valence-electron chi connectivity index (χ3n) is 2.82. The highest BCUT2D eigenvalue weighted by atomic mass is 35.5. The summed E-state index contributed by atoms with van der Waals surface area (Å²) in [6.45, 7) is 2.01. The molecule has 18 heavy (non-hydrogen) atoms. The SMILES string of the molecule is Cc1ccc(C(Cl)Cc2ccc(Cl)cc2)c(Cl)c1. The molecule has 1 atom stereocenters. The van der Waals surface area contributed by atoms with Gasteiger partial charge in [0.2, 0.25) is 0 Å². The Labute approximate surface area is 122 Å². The van der Waals surface area contributed by atoms with Gasteiger partial charge in [0.05, 0.1) is 5.38 Å². The highest BCUT2D eigenvalue weighted by Crippen LogP contribution is 2.31. The molecule has 0 saturated heterocycles. The van der Waals surface area contributed by atoms with Crippen LogP contribution >= 0.6 is 34.8 Å². The molecule has 0 spiro atoms. The largest absolute Gasteiger partial charge is 0.117 e. The van der Waals surface area contributed by atoms with Crippen LogP contribution in [0.15, 0.2) is 42.5 Å². The lowest BCUT2D eigenvalue weighted by Crippen LogP contribution is -1.97. The second-order valence-electron chi connectivity index (χ2n) is 4.32. The summed E-state index contributed by atoms with van der Waals surface area (Å²) in [4.78, 5) is 0. The van der Waals surface area contributed by atoms with Gasteiger partial charge in [-0.05, 0) is 48.2 Å². The van der Waals surface area contributed by atoms with E-state index in [-0.39, 0.29) is 5.38 Å². The van der Waals surface area contributed by atoms with Gasteiger partial charge in [-0.15, -0.1) is 11.6 Å². The van der Waals surface area contributed by atoms with E-state index in [4.69, 9.17) is 34.8 Å². The molecule has 0 fully saturated rings. The molecule has 3 heteroatoms. The number of rotatable bonds is 3. The Kier molecular flexibility index (Phi) is 4.55. The van der Waals surface area contributed by atoms with E-state index < -0.39 is 0 Å². The second kappa shape index (κ2) is 5.97. The van der Waals surface area contributed by atoms with Gasteiger partial charge in [-0.1, -0.05) is 47.5 Å². The fourth-order valence-corrected chi connectivity index (χ4v) is 2.74. The van der Waals surface area contributed by atoms with E-state index in [9.17, 15) is 0 Å². The Morgan fingerprint density at radius 3 is 2.28 bits per heavy atom. The first-order valence-electron chi connectivity index (χ1n) is 5.71. The number of aryl methyl sites for hydroxylation is 1. The average Bonchev–Trinajstić information content (AvgIpc) is 2.32. The normalized spacial score (nSPS) is 12.4. The molecule has 0 N–H and O–H groups in total. The maximum atomic E-state index is 6.42. The van der Waals surface area contributed by atoms with Crippen LogP contribution in [-0.2, 0) is 6.42 Å². The zero-order valence-electron chi connectivity index (χ0n) is 9.96. The monoisotopic (exact) mass is 298 g/mol. The van der Waals surface area contributed by atoms with Gasteiger partial charge in [-0.3, -0.25) is 0 Å². The van der Waals surface area contributed by atoms with Crippen molar-refractivity contribution < 1.29 is 0 Å². The van der Waals surface area contributed by atoms with Gasteiger partial charge >= 0.3 is 0 Å². The predicted octanol–water partition coefficient (Wildman–Crippen LogP) is 5.82. The van der Waals surface area contributed by atoms with Crippen LogP contribution in [0.25, 0.3) is 0 Å². The van der Waals surface area contributed by atoms with Crippen molar-refractivity contribution in [1.29, 1.82) is 0 Å². The Balaban J connectivity index is 2.16. The first-order chi connectivity index (χ1) is 8.56. The molecule has 0 heterocycles. The fourth-order valence-electron chi connectivity index (χ4n) is 1.82. The van der Waals surface area contributed by atoms with Gasteiger partial charge in [-0.25, -0.2) is 0 Å². The van der Waals surface area contributed by atoms with E-state index in [1.807, 2.05) is 49.4 Å². The topological polar surface area (TPSA) is 0 Å². The first-order valence-corrected chi connectivity index (χ1v) is 6.90. The van der Waals surface area contributed by atoms with E-state index in [0.29, 0.717) is 0 Å². The third kappa shape index (κ3) is 3.41. The molecule has 0 amide bonds. The van der Waals surface area contributed by atoms with Crippen LogP contribution in [0.1, 0.15) is 22.1 Å². The molecule has 0 nitrogen and oxygen atoms in total. The van der Waals surface area contributed by atoms with Gasteiger partial charge in [0.25, 0.3) is 0 Å². The minimum Gasteiger partial charge on any atom is -0.117 e. The van der Waals surface area contributed by atoms with Crippen LogP contribution in [-0.4, -0.2) is 0 Å². The standard InChI is InChI=1S/C15H13Cl3/c1-10-2-7-13(14(17)8-10)15(18)9-11-3-5-12(16)6-4-11/h2-8,15H,9H2,1H3. The summed E-state index contributed by atoms with van der Waals surface area (Å²) in [6.07, 6.45) is 0.738. The summed E-state index contributed by atoms with van der Waals surface area (Å²) in [5, 5.41) is 1.33. The van der Waals surface area contributed by atoms with Crippen molar-refractivity contribution in [2.75, 3.05) is 0 Å². The van der Waals surface area contributed by atoms with Gasteiger partial charge < -0.3 is 0 Å². The minimum absolute atomic E-state index is 0.126. The van der Waals surface area contributed by atoms with Crippen molar-refractivity contribution in [2.24, 2.45) is 0 Å². The minimum atomic E-state index is -0.126. The Bertz CT molecular complexity index is 532. The number of hydrogen-bond donors (Lipinski definition) is 0. The highest BCUT2D eigenvalue weighted by molar-refractivity contribution is 6.33. The van der Waals surface area contributed by atoms with E-state index in [2.05, 4.69) is 0 Å². The van der Waals surface area contributed by atoms with E-state index in [1.54, 1.807) is 0 Å². The van der Waals surface area contributed by atoms with E-state index >= 15 is 0 Å². The van der Waals surface area contributed by atoms with Crippen LogP contribution in [0, 0.1) is 6.92 Å². The number of hydrogen-bond acceptors (Lipinski definition) is 0. The molecule has 0 aromatic heterocycles. The van der Waals surface area contributed by atoms with Crippen LogP contribution in [0.3, 0.4) is 0 Å². The summed E-state index contributed by atoms with van der Waals surface area (Å²) in [6, 6.07) is 13.7. The van der Waals surface area contributed by atoms with Gasteiger partial charge in [0.15, 0.2) is 0 Å². The number of alkyl halides is 1. The van der Waals surface area contributed by atoms with Crippen molar-refractivity contribution in [1.82, 2.24) is 0 Å². The summed E-state index contributed by atoms with van der Waals surface area (Å²) in [5.41, 5.74) is 3.26. The molecule has 0 aliphatic carbocycles. The van der Waals surface area contributed by atoms with E-state index in [0.717, 1.165) is 33.2 Å². The van der Waals surface area contributed by atoms with Crippen molar-refractivity contribution in [2.45, 2.75) is 18.7 Å². The van der Waals surface area contributed by atoms with Gasteiger partial charge in [0, 0.05) is 10.0 Å². The lowest BCUT2D eigenvalue weighted by atomic mass is 10.0. The highest BCUT2D eigenvalue weighted by Gasteiger charge is 2.12. The first kappa shape index (κ1) is 13.7. The zero-order chi connectivity index (χ0) is 13.1. The van der Waals surface area contributed by atoms with Crippen LogP contribution in [0.5, 0.6) is 0 Å². The Hall–Kier alpha value is -0.690. The zero-order valence-corrected chi connectivity index (χ0v) is 12.2. The van der Waals surface area contributed by atoms with Crippen molar-refractivity contribution in [3.63, 3.8) is 0 Å². The third-order valence-corrected chi connectivity index (χ3v) is 3.79. The summed E-state index contributed by atoms with van der Waals surface area (Å²) < 4.78 is 0. The molecule has 0 bridgehead atoms. The van der Waals surface area contributed by atoms with Crippen LogP contribution in [0.4, 0.5) is 0 Å². The molecule has 0 radical (unpaired) electrons. The molecule has 1 unspecified atom stereocenters. The van der Waals surface area contributed by atoms with Crippen molar-refractivity contribution >= 4 is 34.8 Å². The smallest absolute Gasteiger partial charge is 0.0640 e. The molecule has 2 aromatic carbocycles. The molecule has 0 aliphatic rings. The van der Waals surface area contributed by atoms with Crippen molar-refractivity contribution in [3.8, 4) is 0 Å². The molecule has 0 saturated carbocycles. The Morgan fingerprint density at radius 1 is 1.00 bits per heavy atom. The number of benzene rings is 2. The average molecular weight is 300 g/mol. The molecular weight excluding hydrogens is 287 g/mol. The van der Waals surface area contributed by atoms with E-state index in [1.165, 1.54) is 0 Å². The molecule has 94 valence electrons. The molecule has 2 aromatic rings. The molecular formula is C15H13Cl3. The lowest BCUT2D eigenvalue weighted by Gasteiger charge is -2.12. The number of halogens is 3. The fraction of sp³-hybridized carbons (Fsp3) is 0.200. The molecule has 2 rings (SSSR count). The maximum absolute atomic E-state index is 6.42. The Morgan fingerprint density at radius 2 is 1.67 bits per heavy atom. The van der Waals surface area contributed by atoms with Gasteiger partial charge in [0.1, 0.15) is 0 Å². The van der Waals surface area contributed by atoms with Gasteiger partial charge in [-0.2, -0.15) is 0 Å².